The summed E-state index contributed by atoms with van der Waals surface area (Å²) in [4.78, 5) is 3.21. The van der Waals surface area contributed by atoms with Gasteiger partial charge in [-0.05, 0) is 12.1 Å². The summed E-state index contributed by atoms with van der Waals surface area (Å²) in [7, 11) is 0. The SMILES string of the molecule is Fc1[c-]cccc1-c1ccnc(C(F)(F)F)c1.[K+]. The fourth-order valence-corrected chi connectivity index (χ4v) is 1.39. The number of aromatic nitrogens is 1. The molecule has 0 aliphatic rings. The third-order valence-corrected chi connectivity index (χ3v) is 2.17. The second-order valence-corrected chi connectivity index (χ2v) is 3.33. The van der Waals surface area contributed by atoms with Crippen molar-refractivity contribution in [2.45, 2.75) is 6.18 Å². The van der Waals surface area contributed by atoms with Gasteiger partial charge in [-0.2, -0.15) is 31.4 Å². The van der Waals surface area contributed by atoms with Gasteiger partial charge in [0.15, 0.2) is 0 Å². The van der Waals surface area contributed by atoms with Gasteiger partial charge in [-0.25, -0.2) is 4.39 Å². The van der Waals surface area contributed by atoms with Crippen LogP contribution in [0.15, 0.2) is 36.5 Å². The standard InChI is InChI=1S/C12H6F4N.K/c13-10-4-2-1-3-9(10)8-5-6-17-11(7-8)12(14,15)16;/h1-3,5-7H;/q-1;+1. The van der Waals surface area contributed by atoms with Crippen LogP contribution in [0.5, 0.6) is 0 Å². The van der Waals surface area contributed by atoms with Crippen LogP contribution in [0, 0.1) is 11.9 Å². The molecule has 0 bridgehead atoms. The minimum Gasteiger partial charge on any atom is -0.252 e. The first-order chi connectivity index (χ1) is 7.98. The van der Waals surface area contributed by atoms with Crippen LogP contribution in [-0.4, -0.2) is 4.98 Å². The molecule has 1 nitrogen and oxygen atoms in total. The molecule has 0 unspecified atom stereocenters. The monoisotopic (exact) mass is 279 g/mol. The molecule has 18 heavy (non-hydrogen) atoms. The number of alkyl halides is 3. The minimum absolute atomic E-state index is 0. The Kier molecular flexibility index (Phi) is 5.48. The van der Waals surface area contributed by atoms with E-state index in [-0.39, 0.29) is 62.5 Å². The first kappa shape index (κ1) is 15.8. The fourth-order valence-electron chi connectivity index (χ4n) is 1.39. The van der Waals surface area contributed by atoms with Crippen LogP contribution in [0.3, 0.4) is 0 Å². The van der Waals surface area contributed by atoms with Crippen molar-refractivity contribution in [3.8, 4) is 11.1 Å². The van der Waals surface area contributed by atoms with E-state index in [0.717, 1.165) is 12.3 Å². The third kappa shape index (κ3) is 3.61. The fraction of sp³-hybridized carbons (Fsp3) is 0.0833. The van der Waals surface area contributed by atoms with Gasteiger partial charge in [0.2, 0.25) is 0 Å². The van der Waals surface area contributed by atoms with Crippen molar-refractivity contribution in [1.29, 1.82) is 0 Å². The van der Waals surface area contributed by atoms with Crippen LogP contribution in [0.4, 0.5) is 17.6 Å². The van der Waals surface area contributed by atoms with Crippen LogP contribution >= 0.6 is 0 Å². The summed E-state index contributed by atoms with van der Waals surface area (Å²) in [5, 5.41) is 0. The quantitative estimate of drug-likeness (QED) is 0.426. The van der Waals surface area contributed by atoms with Gasteiger partial charge in [0, 0.05) is 12.0 Å². The molecular formula is C12H6F4KN. The van der Waals surface area contributed by atoms with Crippen LogP contribution in [0.2, 0.25) is 0 Å². The van der Waals surface area contributed by atoms with E-state index in [1.165, 1.54) is 24.3 Å². The van der Waals surface area contributed by atoms with E-state index in [1.54, 1.807) is 0 Å². The largest absolute Gasteiger partial charge is 1.00 e. The summed E-state index contributed by atoms with van der Waals surface area (Å²) in [5.74, 6) is -0.688. The van der Waals surface area contributed by atoms with Gasteiger partial charge in [-0.3, -0.25) is 4.98 Å². The van der Waals surface area contributed by atoms with Gasteiger partial charge >= 0.3 is 57.6 Å². The van der Waals surface area contributed by atoms with Crippen LogP contribution in [-0.2, 0) is 6.18 Å². The number of benzene rings is 1. The van der Waals surface area contributed by atoms with Crippen LogP contribution in [0.25, 0.3) is 11.1 Å². The molecule has 0 aliphatic heterocycles. The predicted molar refractivity (Wildman–Crippen MR) is 53.5 cm³/mol. The van der Waals surface area contributed by atoms with Gasteiger partial charge in [-0.1, -0.05) is 11.1 Å². The molecule has 0 atom stereocenters. The molecule has 0 radical (unpaired) electrons. The number of rotatable bonds is 1. The van der Waals surface area contributed by atoms with Crippen molar-refractivity contribution in [1.82, 2.24) is 4.98 Å². The number of nitrogens with zero attached hydrogens (tertiary/aromatic N) is 1. The Bertz CT molecular complexity index is 540. The number of pyridine rings is 1. The molecule has 0 saturated carbocycles. The van der Waals surface area contributed by atoms with E-state index in [4.69, 9.17) is 0 Å². The van der Waals surface area contributed by atoms with E-state index in [9.17, 15) is 17.6 Å². The Morgan fingerprint density at radius 2 is 1.89 bits per heavy atom. The van der Waals surface area contributed by atoms with Gasteiger partial charge in [-0.15, -0.1) is 6.07 Å². The van der Waals surface area contributed by atoms with Crippen molar-refractivity contribution < 1.29 is 68.9 Å². The van der Waals surface area contributed by atoms with Crippen LogP contribution < -0.4 is 51.4 Å². The number of hydrogen-bond acceptors (Lipinski definition) is 1. The summed E-state index contributed by atoms with van der Waals surface area (Å²) in [6.45, 7) is 0. The minimum atomic E-state index is -4.54. The molecule has 0 amide bonds. The first-order valence-corrected chi connectivity index (χ1v) is 4.68. The molecule has 0 fully saturated rings. The summed E-state index contributed by atoms with van der Waals surface area (Å²) in [6.07, 6.45) is -3.53. The van der Waals surface area contributed by atoms with Crippen molar-refractivity contribution >= 4 is 0 Å². The maximum Gasteiger partial charge on any atom is 1.00 e. The van der Waals surface area contributed by atoms with Gasteiger partial charge in [0.05, 0.1) is 0 Å². The molecule has 0 spiro atoms. The normalized spacial score (nSPS) is 10.9. The summed E-state index contributed by atoms with van der Waals surface area (Å²) >= 11 is 0. The van der Waals surface area contributed by atoms with E-state index in [2.05, 4.69) is 11.1 Å². The maximum absolute atomic E-state index is 13.3. The van der Waals surface area contributed by atoms with Crippen molar-refractivity contribution in [3.05, 3.63) is 54.1 Å². The molecule has 6 heteroatoms. The number of halogens is 4. The van der Waals surface area contributed by atoms with Gasteiger partial charge in [0.25, 0.3) is 0 Å². The number of hydrogen-bond donors (Lipinski definition) is 0. The van der Waals surface area contributed by atoms with Crippen molar-refractivity contribution in [3.63, 3.8) is 0 Å². The molecule has 2 aromatic rings. The Morgan fingerprint density at radius 3 is 2.50 bits per heavy atom. The summed E-state index contributed by atoms with van der Waals surface area (Å²) < 4.78 is 50.6. The molecular weight excluding hydrogens is 273 g/mol. The van der Waals surface area contributed by atoms with E-state index < -0.39 is 17.7 Å². The van der Waals surface area contributed by atoms with Crippen molar-refractivity contribution in [2.75, 3.05) is 0 Å². The molecule has 1 heterocycles. The summed E-state index contributed by atoms with van der Waals surface area (Å²) in [5.41, 5.74) is -0.847. The zero-order valence-corrected chi connectivity index (χ0v) is 12.5. The molecule has 1 aromatic carbocycles. The average Bonchev–Trinajstić information content (AvgIpc) is 2.29. The predicted octanol–water partition coefficient (Wildman–Crippen LogP) is 0.711. The molecule has 0 N–H and O–H groups in total. The molecule has 0 aliphatic carbocycles. The van der Waals surface area contributed by atoms with Crippen molar-refractivity contribution in [2.24, 2.45) is 0 Å². The molecule has 88 valence electrons. The van der Waals surface area contributed by atoms with E-state index >= 15 is 0 Å². The topological polar surface area (TPSA) is 12.9 Å². The zero-order chi connectivity index (χ0) is 12.5. The van der Waals surface area contributed by atoms with Gasteiger partial charge < -0.3 is 0 Å². The first-order valence-electron chi connectivity index (χ1n) is 4.68. The Labute approximate surface area is 144 Å². The van der Waals surface area contributed by atoms with E-state index in [1.807, 2.05) is 0 Å². The average molecular weight is 279 g/mol. The Hall–Kier alpha value is -0.274. The van der Waals surface area contributed by atoms with Crippen LogP contribution in [0.1, 0.15) is 5.69 Å². The van der Waals surface area contributed by atoms with Gasteiger partial charge in [0.1, 0.15) is 5.69 Å². The molecule has 1 aromatic heterocycles. The second-order valence-electron chi connectivity index (χ2n) is 3.33. The molecule has 2 rings (SSSR count). The zero-order valence-electron chi connectivity index (χ0n) is 9.42. The van der Waals surface area contributed by atoms with E-state index in [0.29, 0.717) is 0 Å². The maximum atomic E-state index is 13.3. The Balaban J connectivity index is 0.00000162. The Morgan fingerprint density at radius 1 is 1.17 bits per heavy atom. The second kappa shape index (κ2) is 6.25. The smallest absolute Gasteiger partial charge is 0.252 e. The third-order valence-electron chi connectivity index (χ3n) is 2.17. The summed E-state index contributed by atoms with van der Waals surface area (Å²) in [6, 6.07) is 8.67. The molecule has 0 saturated heterocycles.